The SMILES string of the molecule is Cc1ccc(N)cc1NC(=O)C(C)NS(=O)(=O)c1c(C)nn(C)c1C. The van der Waals surface area contributed by atoms with E-state index < -0.39 is 22.0 Å². The highest BCUT2D eigenvalue weighted by atomic mass is 32.2. The van der Waals surface area contributed by atoms with E-state index >= 15 is 0 Å². The fourth-order valence-electron chi connectivity index (χ4n) is 2.50. The molecule has 2 aromatic rings. The topological polar surface area (TPSA) is 119 Å². The van der Waals surface area contributed by atoms with Crippen LogP contribution in [-0.2, 0) is 21.9 Å². The van der Waals surface area contributed by atoms with Gasteiger partial charge in [-0.15, -0.1) is 0 Å². The lowest BCUT2D eigenvalue weighted by atomic mass is 10.1. The van der Waals surface area contributed by atoms with Crippen molar-refractivity contribution in [2.24, 2.45) is 7.05 Å². The van der Waals surface area contributed by atoms with Gasteiger partial charge in [0.2, 0.25) is 15.9 Å². The number of hydrogen-bond donors (Lipinski definition) is 3. The van der Waals surface area contributed by atoms with Crippen molar-refractivity contribution in [2.75, 3.05) is 11.1 Å². The Morgan fingerprint density at radius 3 is 2.48 bits per heavy atom. The molecule has 0 saturated heterocycles. The van der Waals surface area contributed by atoms with Crippen molar-refractivity contribution in [3.05, 3.63) is 35.2 Å². The minimum absolute atomic E-state index is 0.0924. The zero-order valence-electron chi connectivity index (χ0n) is 14.9. The molecule has 2 rings (SSSR count). The molecule has 0 aliphatic heterocycles. The van der Waals surface area contributed by atoms with Crippen LogP contribution in [0.5, 0.6) is 0 Å². The largest absolute Gasteiger partial charge is 0.399 e. The third-order valence-electron chi connectivity index (χ3n) is 3.96. The molecule has 4 N–H and O–H groups in total. The summed E-state index contributed by atoms with van der Waals surface area (Å²) >= 11 is 0. The highest BCUT2D eigenvalue weighted by Gasteiger charge is 2.27. The summed E-state index contributed by atoms with van der Waals surface area (Å²) in [6.45, 7) is 6.58. The summed E-state index contributed by atoms with van der Waals surface area (Å²) in [6, 6.07) is 4.17. The van der Waals surface area contributed by atoms with E-state index in [2.05, 4.69) is 15.1 Å². The van der Waals surface area contributed by atoms with Crippen LogP contribution in [0.4, 0.5) is 11.4 Å². The van der Waals surface area contributed by atoms with Gasteiger partial charge in [-0.2, -0.15) is 9.82 Å². The molecule has 1 unspecified atom stereocenters. The van der Waals surface area contributed by atoms with Crippen molar-refractivity contribution in [3.8, 4) is 0 Å². The van der Waals surface area contributed by atoms with E-state index in [1.807, 2.05) is 6.92 Å². The zero-order valence-corrected chi connectivity index (χ0v) is 15.7. The third-order valence-corrected chi connectivity index (χ3v) is 5.75. The molecule has 0 saturated carbocycles. The van der Waals surface area contributed by atoms with Crippen LogP contribution in [-0.4, -0.2) is 30.1 Å². The average molecular weight is 365 g/mol. The van der Waals surface area contributed by atoms with Gasteiger partial charge in [0.25, 0.3) is 0 Å². The Morgan fingerprint density at radius 1 is 1.28 bits per heavy atom. The van der Waals surface area contributed by atoms with Gasteiger partial charge in [0.1, 0.15) is 4.90 Å². The number of amides is 1. The van der Waals surface area contributed by atoms with Crippen LogP contribution >= 0.6 is 0 Å². The van der Waals surface area contributed by atoms with Gasteiger partial charge in [0.05, 0.1) is 17.4 Å². The predicted molar refractivity (Wildman–Crippen MR) is 96.7 cm³/mol. The summed E-state index contributed by atoms with van der Waals surface area (Å²) < 4.78 is 29.1. The van der Waals surface area contributed by atoms with Crippen molar-refractivity contribution in [2.45, 2.75) is 38.6 Å². The summed E-state index contributed by atoms with van der Waals surface area (Å²) in [5.74, 6) is -0.475. The van der Waals surface area contributed by atoms with Crippen LogP contribution in [0.3, 0.4) is 0 Å². The maximum atomic E-state index is 12.6. The van der Waals surface area contributed by atoms with Gasteiger partial charge < -0.3 is 11.1 Å². The lowest BCUT2D eigenvalue weighted by molar-refractivity contribution is -0.117. The standard InChI is InChI=1S/C16H23N5O3S/c1-9-6-7-13(17)8-14(9)18-16(22)11(3)20-25(23,24)15-10(2)19-21(5)12(15)4/h6-8,11,20H,17H2,1-5H3,(H,18,22). The van der Waals surface area contributed by atoms with E-state index in [0.717, 1.165) is 5.56 Å². The number of nitrogen functional groups attached to an aromatic ring is 1. The first kappa shape index (κ1) is 18.9. The molecule has 8 nitrogen and oxygen atoms in total. The molecule has 1 amide bonds. The highest BCUT2D eigenvalue weighted by molar-refractivity contribution is 7.89. The van der Waals surface area contributed by atoms with Gasteiger partial charge >= 0.3 is 0 Å². The number of nitrogens with zero attached hydrogens (tertiary/aromatic N) is 2. The monoisotopic (exact) mass is 365 g/mol. The van der Waals surface area contributed by atoms with E-state index in [4.69, 9.17) is 5.73 Å². The van der Waals surface area contributed by atoms with Crippen molar-refractivity contribution < 1.29 is 13.2 Å². The molecule has 0 spiro atoms. The van der Waals surface area contributed by atoms with E-state index in [1.165, 1.54) is 11.6 Å². The number of carbonyl (C=O) groups excluding carboxylic acids is 1. The zero-order chi connectivity index (χ0) is 18.9. The Balaban J connectivity index is 2.19. The normalized spacial score (nSPS) is 12.8. The van der Waals surface area contributed by atoms with E-state index in [9.17, 15) is 13.2 Å². The molecule has 0 aliphatic carbocycles. The number of carbonyl (C=O) groups is 1. The number of sulfonamides is 1. The molecule has 0 radical (unpaired) electrons. The first-order valence-corrected chi connectivity index (χ1v) is 9.20. The Morgan fingerprint density at radius 2 is 1.92 bits per heavy atom. The third kappa shape index (κ3) is 3.99. The summed E-state index contributed by atoms with van der Waals surface area (Å²) in [4.78, 5) is 12.5. The first-order valence-electron chi connectivity index (χ1n) is 7.72. The Bertz CT molecular complexity index is 918. The van der Waals surface area contributed by atoms with Gasteiger partial charge in [0.15, 0.2) is 0 Å². The van der Waals surface area contributed by atoms with E-state index in [-0.39, 0.29) is 4.90 Å². The van der Waals surface area contributed by atoms with Crippen LogP contribution in [0, 0.1) is 20.8 Å². The van der Waals surface area contributed by atoms with Crippen molar-refractivity contribution >= 4 is 27.3 Å². The quantitative estimate of drug-likeness (QED) is 0.689. The molecule has 1 atom stereocenters. The van der Waals surface area contributed by atoms with E-state index in [1.54, 1.807) is 39.1 Å². The second kappa shape index (κ2) is 6.85. The molecule has 1 aromatic carbocycles. The molecular weight excluding hydrogens is 342 g/mol. The van der Waals surface area contributed by atoms with Crippen LogP contribution < -0.4 is 15.8 Å². The summed E-state index contributed by atoms with van der Waals surface area (Å²) in [5.41, 5.74) is 8.49. The molecule has 1 aromatic heterocycles. The van der Waals surface area contributed by atoms with Gasteiger partial charge in [-0.25, -0.2) is 8.42 Å². The van der Waals surface area contributed by atoms with E-state index in [0.29, 0.717) is 22.8 Å². The fraction of sp³-hybridized carbons (Fsp3) is 0.375. The molecule has 0 aliphatic rings. The van der Waals surface area contributed by atoms with Crippen LogP contribution in [0.2, 0.25) is 0 Å². The minimum Gasteiger partial charge on any atom is -0.399 e. The Kier molecular flexibility index (Phi) is 5.19. The van der Waals surface area contributed by atoms with Crippen molar-refractivity contribution in [1.82, 2.24) is 14.5 Å². The van der Waals surface area contributed by atoms with Crippen LogP contribution in [0.15, 0.2) is 23.1 Å². The van der Waals surface area contributed by atoms with Gasteiger partial charge in [0, 0.05) is 18.4 Å². The number of hydrogen-bond acceptors (Lipinski definition) is 5. The lowest BCUT2D eigenvalue weighted by Gasteiger charge is -2.16. The second-order valence-corrected chi connectivity index (χ2v) is 7.68. The minimum atomic E-state index is -3.87. The molecule has 0 bridgehead atoms. The summed E-state index contributed by atoms with van der Waals surface area (Å²) in [5, 5.41) is 6.79. The van der Waals surface area contributed by atoms with Gasteiger partial charge in [-0.05, 0) is 45.4 Å². The maximum absolute atomic E-state index is 12.6. The summed E-state index contributed by atoms with van der Waals surface area (Å²) in [7, 11) is -2.21. The maximum Gasteiger partial charge on any atom is 0.244 e. The molecular formula is C16H23N5O3S. The molecule has 1 heterocycles. The Labute approximate surface area is 147 Å². The number of nitrogens with two attached hydrogens (primary N) is 1. The van der Waals surface area contributed by atoms with Gasteiger partial charge in [-0.1, -0.05) is 6.07 Å². The fourth-order valence-corrected chi connectivity index (χ4v) is 4.14. The van der Waals surface area contributed by atoms with Gasteiger partial charge in [-0.3, -0.25) is 9.48 Å². The lowest BCUT2D eigenvalue weighted by Crippen LogP contribution is -2.41. The smallest absolute Gasteiger partial charge is 0.244 e. The first-order chi connectivity index (χ1) is 11.5. The number of benzene rings is 1. The van der Waals surface area contributed by atoms with Crippen molar-refractivity contribution in [3.63, 3.8) is 0 Å². The Hall–Kier alpha value is -2.39. The highest BCUT2D eigenvalue weighted by Crippen LogP contribution is 2.20. The molecule has 136 valence electrons. The van der Waals surface area contributed by atoms with Crippen molar-refractivity contribution in [1.29, 1.82) is 0 Å². The number of nitrogens with one attached hydrogen (secondary N) is 2. The molecule has 25 heavy (non-hydrogen) atoms. The molecule has 0 fully saturated rings. The van der Waals surface area contributed by atoms with Crippen LogP contribution in [0.25, 0.3) is 0 Å². The molecule has 9 heteroatoms. The predicted octanol–water partition coefficient (Wildman–Crippen LogP) is 1.23. The number of rotatable bonds is 5. The second-order valence-electron chi connectivity index (χ2n) is 6.03. The average Bonchev–Trinajstić information content (AvgIpc) is 2.75. The van der Waals surface area contributed by atoms with Crippen LogP contribution in [0.1, 0.15) is 23.9 Å². The summed E-state index contributed by atoms with van der Waals surface area (Å²) in [6.07, 6.45) is 0. The number of aryl methyl sites for hydroxylation is 3. The number of aromatic nitrogens is 2. The number of anilines is 2.